The molecule has 1 atom stereocenters. The van der Waals surface area contributed by atoms with Crippen LogP contribution in [0.1, 0.15) is 25.3 Å². The molecule has 2 amide bonds. The molecule has 1 aromatic carbocycles. The van der Waals surface area contributed by atoms with Gasteiger partial charge in [-0.25, -0.2) is 9.18 Å². The summed E-state index contributed by atoms with van der Waals surface area (Å²) in [7, 11) is 0. The van der Waals surface area contributed by atoms with Crippen molar-refractivity contribution in [1.82, 2.24) is 4.90 Å². The van der Waals surface area contributed by atoms with Crippen LogP contribution in [0.2, 0.25) is 0 Å². The van der Waals surface area contributed by atoms with E-state index >= 15 is 0 Å². The number of ether oxygens (including phenoxy) is 1. The minimum absolute atomic E-state index is 0.0996. The fraction of sp³-hybridized carbons (Fsp3) is 0.533. The van der Waals surface area contributed by atoms with E-state index in [1.54, 1.807) is 24.0 Å². The van der Waals surface area contributed by atoms with Crippen molar-refractivity contribution in [2.45, 2.75) is 32.7 Å². The molecule has 2 rings (SSSR count). The minimum atomic E-state index is -0.310. The van der Waals surface area contributed by atoms with Gasteiger partial charge in [0.15, 0.2) is 0 Å². The Balaban J connectivity index is 2.08. The maximum Gasteiger partial charge on any atom is 0.322 e. The SMILES string of the molecule is CCC[C@H]1COCCN1C(=O)Nc1cccc(F)c1C. The summed E-state index contributed by atoms with van der Waals surface area (Å²) in [5.41, 5.74) is 0.984. The van der Waals surface area contributed by atoms with Crippen LogP contribution in [0.5, 0.6) is 0 Å². The summed E-state index contributed by atoms with van der Waals surface area (Å²) in [6.45, 7) is 5.44. The van der Waals surface area contributed by atoms with Gasteiger partial charge in [0, 0.05) is 17.8 Å². The first-order valence-electron chi connectivity index (χ1n) is 7.04. The normalized spacial score (nSPS) is 18.9. The quantitative estimate of drug-likeness (QED) is 0.924. The number of hydrogen-bond donors (Lipinski definition) is 1. The Labute approximate surface area is 118 Å². The van der Waals surface area contributed by atoms with Gasteiger partial charge in [-0.2, -0.15) is 0 Å². The number of carbonyl (C=O) groups is 1. The number of halogens is 1. The summed E-state index contributed by atoms with van der Waals surface area (Å²) in [4.78, 5) is 14.1. The second kappa shape index (κ2) is 6.70. The van der Waals surface area contributed by atoms with Gasteiger partial charge in [-0.05, 0) is 25.5 Å². The zero-order chi connectivity index (χ0) is 14.5. The third kappa shape index (κ3) is 3.28. The van der Waals surface area contributed by atoms with E-state index in [0.29, 0.717) is 31.0 Å². The fourth-order valence-corrected chi connectivity index (χ4v) is 2.42. The van der Waals surface area contributed by atoms with Crippen molar-refractivity contribution >= 4 is 11.7 Å². The van der Waals surface area contributed by atoms with E-state index in [1.807, 2.05) is 0 Å². The highest BCUT2D eigenvalue weighted by atomic mass is 19.1. The lowest BCUT2D eigenvalue weighted by Gasteiger charge is -2.35. The van der Waals surface area contributed by atoms with Crippen molar-refractivity contribution in [3.05, 3.63) is 29.6 Å². The number of rotatable bonds is 3. The molecule has 1 N–H and O–H groups in total. The Morgan fingerprint density at radius 3 is 3.10 bits per heavy atom. The van der Waals surface area contributed by atoms with Crippen molar-refractivity contribution < 1.29 is 13.9 Å². The monoisotopic (exact) mass is 280 g/mol. The van der Waals surface area contributed by atoms with E-state index < -0.39 is 0 Å². The number of anilines is 1. The number of hydrogen-bond acceptors (Lipinski definition) is 2. The predicted octanol–water partition coefficient (Wildman–Crippen LogP) is 3.17. The number of amides is 2. The summed E-state index contributed by atoms with van der Waals surface area (Å²) in [6.07, 6.45) is 1.91. The van der Waals surface area contributed by atoms with Crippen LogP contribution >= 0.6 is 0 Å². The molecular formula is C15H21FN2O2. The summed E-state index contributed by atoms with van der Waals surface area (Å²) >= 11 is 0. The lowest BCUT2D eigenvalue weighted by Crippen LogP contribution is -2.50. The second-order valence-electron chi connectivity index (χ2n) is 5.05. The second-order valence-corrected chi connectivity index (χ2v) is 5.05. The van der Waals surface area contributed by atoms with Gasteiger partial charge in [0.25, 0.3) is 0 Å². The molecular weight excluding hydrogens is 259 g/mol. The van der Waals surface area contributed by atoms with Crippen molar-refractivity contribution in [3.63, 3.8) is 0 Å². The average molecular weight is 280 g/mol. The first-order valence-corrected chi connectivity index (χ1v) is 7.04. The molecule has 20 heavy (non-hydrogen) atoms. The van der Waals surface area contributed by atoms with Gasteiger partial charge in [0.05, 0.1) is 19.3 Å². The van der Waals surface area contributed by atoms with Gasteiger partial charge in [-0.1, -0.05) is 19.4 Å². The molecule has 0 aliphatic carbocycles. The van der Waals surface area contributed by atoms with Crippen LogP contribution < -0.4 is 5.32 Å². The molecule has 1 fully saturated rings. The van der Waals surface area contributed by atoms with Crippen LogP contribution in [0.4, 0.5) is 14.9 Å². The molecule has 0 saturated carbocycles. The molecule has 1 aliphatic rings. The molecule has 5 heteroatoms. The standard InChI is InChI=1S/C15H21FN2O2/c1-3-5-12-10-20-9-8-18(12)15(19)17-14-7-4-6-13(16)11(14)2/h4,6-7,12H,3,5,8-10H2,1-2H3,(H,17,19)/t12-/m0/s1. The van der Waals surface area contributed by atoms with E-state index in [4.69, 9.17) is 4.74 Å². The zero-order valence-corrected chi connectivity index (χ0v) is 12.0. The van der Waals surface area contributed by atoms with E-state index in [0.717, 1.165) is 12.8 Å². The first kappa shape index (κ1) is 14.8. The maximum absolute atomic E-state index is 13.5. The number of nitrogens with zero attached hydrogens (tertiary/aromatic N) is 1. The molecule has 1 aromatic rings. The van der Waals surface area contributed by atoms with Crippen molar-refractivity contribution in [2.75, 3.05) is 25.1 Å². The van der Waals surface area contributed by atoms with Crippen LogP contribution in [0.25, 0.3) is 0 Å². The van der Waals surface area contributed by atoms with Gasteiger partial charge >= 0.3 is 6.03 Å². The van der Waals surface area contributed by atoms with Crippen LogP contribution in [0, 0.1) is 12.7 Å². The predicted molar refractivity (Wildman–Crippen MR) is 76.4 cm³/mol. The van der Waals surface area contributed by atoms with Crippen LogP contribution in [-0.4, -0.2) is 36.7 Å². The minimum Gasteiger partial charge on any atom is -0.377 e. The van der Waals surface area contributed by atoms with Gasteiger partial charge < -0.3 is 15.0 Å². The number of urea groups is 1. The Morgan fingerprint density at radius 2 is 2.35 bits per heavy atom. The van der Waals surface area contributed by atoms with E-state index in [1.165, 1.54) is 6.07 Å². The van der Waals surface area contributed by atoms with Crippen molar-refractivity contribution in [2.24, 2.45) is 0 Å². The van der Waals surface area contributed by atoms with Gasteiger partial charge in [0.2, 0.25) is 0 Å². The molecule has 0 spiro atoms. The Kier molecular flexibility index (Phi) is 4.95. The third-order valence-electron chi connectivity index (χ3n) is 3.62. The van der Waals surface area contributed by atoms with E-state index in [-0.39, 0.29) is 17.9 Å². The molecule has 1 saturated heterocycles. The summed E-state index contributed by atoms with van der Waals surface area (Å²) in [6, 6.07) is 4.62. The molecule has 110 valence electrons. The lowest BCUT2D eigenvalue weighted by molar-refractivity contribution is 0.0124. The van der Waals surface area contributed by atoms with Crippen molar-refractivity contribution in [1.29, 1.82) is 0 Å². The zero-order valence-electron chi connectivity index (χ0n) is 12.0. The Morgan fingerprint density at radius 1 is 1.55 bits per heavy atom. The van der Waals surface area contributed by atoms with Gasteiger partial charge in [-0.3, -0.25) is 0 Å². The number of morpholine rings is 1. The summed E-state index contributed by atoms with van der Waals surface area (Å²) in [5.74, 6) is -0.310. The highest BCUT2D eigenvalue weighted by Crippen LogP contribution is 2.19. The molecule has 0 unspecified atom stereocenters. The Bertz CT molecular complexity index is 477. The molecule has 0 aromatic heterocycles. The fourth-order valence-electron chi connectivity index (χ4n) is 2.42. The smallest absolute Gasteiger partial charge is 0.322 e. The molecule has 0 bridgehead atoms. The third-order valence-corrected chi connectivity index (χ3v) is 3.62. The average Bonchev–Trinajstić information content (AvgIpc) is 2.45. The molecule has 1 heterocycles. The summed E-state index contributed by atoms with van der Waals surface area (Å²) in [5, 5.41) is 2.80. The number of carbonyl (C=O) groups excluding carboxylic acids is 1. The van der Waals surface area contributed by atoms with E-state index in [2.05, 4.69) is 12.2 Å². The topological polar surface area (TPSA) is 41.6 Å². The number of benzene rings is 1. The lowest BCUT2D eigenvalue weighted by atomic mass is 10.1. The van der Waals surface area contributed by atoms with Gasteiger partial charge in [-0.15, -0.1) is 0 Å². The highest BCUT2D eigenvalue weighted by Gasteiger charge is 2.26. The van der Waals surface area contributed by atoms with Gasteiger partial charge in [0.1, 0.15) is 5.82 Å². The van der Waals surface area contributed by atoms with Crippen LogP contribution in [0.15, 0.2) is 18.2 Å². The van der Waals surface area contributed by atoms with Crippen LogP contribution in [-0.2, 0) is 4.74 Å². The van der Waals surface area contributed by atoms with E-state index in [9.17, 15) is 9.18 Å². The largest absolute Gasteiger partial charge is 0.377 e. The highest BCUT2D eigenvalue weighted by molar-refractivity contribution is 5.90. The molecule has 0 radical (unpaired) electrons. The number of nitrogens with one attached hydrogen (secondary N) is 1. The first-order chi connectivity index (χ1) is 9.63. The molecule has 4 nitrogen and oxygen atoms in total. The van der Waals surface area contributed by atoms with Crippen molar-refractivity contribution in [3.8, 4) is 0 Å². The molecule has 1 aliphatic heterocycles. The Hall–Kier alpha value is -1.62. The summed E-state index contributed by atoms with van der Waals surface area (Å²) < 4.78 is 18.9. The van der Waals surface area contributed by atoms with Crippen LogP contribution in [0.3, 0.4) is 0 Å². The maximum atomic E-state index is 13.5.